The molecule has 0 bridgehead atoms. The predicted octanol–water partition coefficient (Wildman–Crippen LogP) is 3.02. The zero-order valence-electron chi connectivity index (χ0n) is 17.2. The number of carbonyl (C=O) groups excluding carboxylic acids is 2. The van der Waals surface area contributed by atoms with E-state index in [1.807, 2.05) is 24.3 Å². The minimum Gasteiger partial charge on any atom is -0.462 e. The summed E-state index contributed by atoms with van der Waals surface area (Å²) in [6.45, 7) is 7.03. The van der Waals surface area contributed by atoms with E-state index in [1.165, 1.54) is 0 Å². The molecule has 1 saturated heterocycles. The van der Waals surface area contributed by atoms with E-state index in [0.29, 0.717) is 36.0 Å². The number of ether oxygens (including phenoxy) is 2. The molecule has 1 unspecified atom stereocenters. The SMILES string of the molecule is CCOC(=O)c1ccc(C(=O)NCC(c2ccc(Cl)cc2)N2CCOCC2)nc1C. The van der Waals surface area contributed by atoms with Gasteiger partial charge in [0.2, 0.25) is 0 Å². The molecule has 1 N–H and O–H groups in total. The summed E-state index contributed by atoms with van der Waals surface area (Å²) in [7, 11) is 0. The molecule has 1 aromatic carbocycles. The first-order valence-electron chi connectivity index (χ1n) is 9.99. The van der Waals surface area contributed by atoms with Crippen molar-refractivity contribution in [1.82, 2.24) is 15.2 Å². The molecule has 1 aromatic heterocycles. The Morgan fingerprint density at radius 3 is 2.53 bits per heavy atom. The quantitative estimate of drug-likeness (QED) is 0.679. The molecule has 0 saturated carbocycles. The van der Waals surface area contributed by atoms with E-state index >= 15 is 0 Å². The van der Waals surface area contributed by atoms with Gasteiger partial charge in [-0.05, 0) is 43.7 Å². The van der Waals surface area contributed by atoms with Crippen molar-refractivity contribution in [1.29, 1.82) is 0 Å². The molecule has 1 aliphatic rings. The number of benzene rings is 1. The van der Waals surface area contributed by atoms with E-state index in [4.69, 9.17) is 21.1 Å². The number of rotatable bonds is 7. The second kappa shape index (κ2) is 10.5. The van der Waals surface area contributed by atoms with Crippen molar-refractivity contribution in [3.8, 4) is 0 Å². The number of hydrogen-bond acceptors (Lipinski definition) is 6. The van der Waals surface area contributed by atoms with E-state index in [9.17, 15) is 9.59 Å². The topological polar surface area (TPSA) is 80.8 Å². The van der Waals surface area contributed by atoms with Crippen molar-refractivity contribution >= 4 is 23.5 Å². The molecule has 1 aliphatic heterocycles. The second-order valence-electron chi connectivity index (χ2n) is 6.98. The fraction of sp³-hybridized carbons (Fsp3) is 0.409. The van der Waals surface area contributed by atoms with Crippen LogP contribution in [0.5, 0.6) is 0 Å². The van der Waals surface area contributed by atoms with Crippen molar-refractivity contribution < 1.29 is 19.1 Å². The third kappa shape index (κ3) is 5.56. The summed E-state index contributed by atoms with van der Waals surface area (Å²) in [6.07, 6.45) is 0. The summed E-state index contributed by atoms with van der Waals surface area (Å²) in [5.74, 6) is -0.731. The number of aryl methyl sites for hydroxylation is 1. The van der Waals surface area contributed by atoms with Crippen molar-refractivity contribution in [2.75, 3.05) is 39.5 Å². The number of aromatic nitrogens is 1. The van der Waals surface area contributed by atoms with Crippen LogP contribution in [0.1, 0.15) is 45.1 Å². The molecule has 0 radical (unpaired) electrons. The van der Waals surface area contributed by atoms with Crippen LogP contribution in [0.4, 0.5) is 0 Å². The van der Waals surface area contributed by atoms with Gasteiger partial charge < -0.3 is 14.8 Å². The lowest BCUT2D eigenvalue weighted by molar-refractivity contribution is 0.0162. The number of hydrogen-bond donors (Lipinski definition) is 1. The molecule has 8 heteroatoms. The number of amides is 1. The molecule has 0 spiro atoms. The Hall–Kier alpha value is -2.48. The molecule has 160 valence electrons. The lowest BCUT2D eigenvalue weighted by atomic mass is 10.0. The van der Waals surface area contributed by atoms with Crippen molar-refractivity contribution in [2.24, 2.45) is 0 Å². The maximum absolute atomic E-state index is 12.7. The summed E-state index contributed by atoms with van der Waals surface area (Å²) >= 11 is 6.03. The minimum atomic E-state index is -0.440. The molecule has 0 aliphatic carbocycles. The van der Waals surface area contributed by atoms with Gasteiger partial charge in [0.25, 0.3) is 5.91 Å². The number of halogens is 1. The smallest absolute Gasteiger partial charge is 0.339 e. The first-order chi connectivity index (χ1) is 14.5. The largest absolute Gasteiger partial charge is 0.462 e. The monoisotopic (exact) mass is 431 g/mol. The zero-order valence-corrected chi connectivity index (χ0v) is 17.9. The highest BCUT2D eigenvalue weighted by Gasteiger charge is 2.24. The highest BCUT2D eigenvalue weighted by Crippen LogP contribution is 2.23. The highest BCUT2D eigenvalue weighted by atomic mass is 35.5. The maximum atomic E-state index is 12.7. The van der Waals surface area contributed by atoms with Gasteiger partial charge in [-0.3, -0.25) is 9.69 Å². The van der Waals surface area contributed by atoms with Gasteiger partial charge in [-0.2, -0.15) is 0 Å². The minimum absolute atomic E-state index is 0.00461. The number of pyridine rings is 1. The van der Waals surface area contributed by atoms with Crippen LogP contribution in [-0.4, -0.2) is 61.2 Å². The first kappa shape index (κ1) is 22.2. The van der Waals surface area contributed by atoms with E-state index < -0.39 is 5.97 Å². The summed E-state index contributed by atoms with van der Waals surface area (Å²) in [5.41, 5.74) is 2.16. The normalized spacial score (nSPS) is 15.4. The van der Waals surface area contributed by atoms with Crippen LogP contribution in [0.2, 0.25) is 5.02 Å². The predicted molar refractivity (Wildman–Crippen MR) is 114 cm³/mol. The van der Waals surface area contributed by atoms with Crippen LogP contribution in [0.25, 0.3) is 0 Å². The Kier molecular flexibility index (Phi) is 7.79. The number of nitrogens with zero attached hydrogens (tertiary/aromatic N) is 2. The Bertz CT molecular complexity index is 882. The van der Waals surface area contributed by atoms with Crippen LogP contribution < -0.4 is 5.32 Å². The van der Waals surface area contributed by atoms with Gasteiger partial charge in [0.05, 0.1) is 37.1 Å². The molecule has 3 rings (SSSR count). The van der Waals surface area contributed by atoms with E-state index in [0.717, 1.165) is 18.7 Å². The molecule has 1 amide bonds. The zero-order chi connectivity index (χ0) is 21.5. The molecule has 1 atom stereocenters. The van der Waals surface area contributed by atoms with Crippen molar-refractivity contribution in [2.45, 2.75) is 19.9 Å². The van der Waals surface area contributed by atoms with Gasteiger partial charge >= 0.3 is 5.97 Å². The highest BCUT2D eigenvalue weighted by molar-refractivity contribution is 6.30. The third-order valence-corrected chi connectivity index (χ3v) is 5.26. The van der Waals surface area contributed by atoms with E-state index in [-0.39, 0.29) is 24.2 Å². The Morgan fingerprint density at radius 1 is 1.20 bits per heavy atom. The molecular weight excluding hydrogens is 406 g/mol. The number of morpholine rings is 1. The van der Waals surface area contributed by atoms with Crippen LogP contribution in [0.15, 0.2) is 36.4 Å². The second-order valence-corrected chi connectivity index (χ2v) is 7.41. The maximum Gasteiger partial charge on any atom is 0.339 e. The van der Waals surface area contributed by atoms with E-state index in [1.54, 1.807) is 26.0 Å². The lowest BCUT2D eigenvalue weighted by Crippen LogP contribution is -2.44. The Balaban J connectivity index is 1.71. The molecule has 30 heavy (non-hydrogen) atoms. The van der Waals surface area contributed by atoms with Crippen LogP contribution in [0, 0.1) is 6.92 Å². The molecule has 2 aromatic rings. The third-order valence-electron chi connectivity index (χ3n) is 5.01. The molecule has 7 nitrogen and oxygen atoms in total. The van der Waals surface area contributed by atoms with Gasteiger partial charge in [-0.1, -0.05) is 23.7 Å². The van der Waals surface area contributed by atoms with Gasteiger partial charge in [-0.15, -0.1) is 0 Å². The summed E-state index contributed by atoms with van der Waals surface area (Å²) in [6, 6.07) is 10.8. The number of nitrogens with one attached hydrogen (secondary N) is 1. The van der Waals surface area contributed by atoms with Crippen LogP contribution >= 0.6 is 11.6 Å². The van der Waals surface area contributed by atoms with Crippen molar-refractivity contribution in [3.63, 3.8) is 0 Å². The number of esters is 1. The Morgan fingerprint density at radius 2 is 1.90 bits per heavy atom. The molecular formula is C22H26ClN3O4. The average Bonchev–Trinajstić information content (AvgIpc) is 2.75. The fourth-order valence-corrected chi connectivity index (χ4v) is 3.55. The molecule has 1 fully saturated rings. The summed E-state index contributed by atoms with van der Waals surface area (Å²) in [5, 5.41) is 3.65. The van der Waals surface area contributed by atoms with Gasteiger partial charge in [-0.25, -0.2) is 9.78 Å². The standard InChI is InChI=1S/C22H26ClN3O4/c1-3-30-22(28)18-8-9-19(25-15(18)2)21(27)24-14-20(26-10-12-29-13-11-26)16-4-6-17(23)7-5-16/h4-9,20H,3,10-14H2,1-2H3,(H,24,27). The molecule has 2 heterocycles. The van der Waals surface area contributed by atoms with Crippen LogP contribution in [0.3, 0.4) is 0 Å². The number of carbonyl (C=O) groups is 2. The van der Waals surface area contributed by atoms with Crippen LogP contribution in [-0.2, 0) is 9.47 Å². The van der Waals surface area contributed by atoms with Gasteiger partial charge in [0.15, 0.2) is 0 Å². The summed E-state index contributed by atoms with van der Waals surface area (Å²) in [4.78, 5) is 31.2. The average molecular weight is 432 g/mol. The first-order valence-corrected chi connectivity index (χ1v) is 10.4. The van der Waals surface area contributed by atoms with Gasteiger partial charge in [0, 0.05) is 24.7 Å². The van der Waals surface area contributed by atoms with Crippen molar-refractivity contribution in [3.05, 3.63) is 63.9 Å². The lowest BCUT2D eigenvalue weighted by Gasteiger charge is -2.35. The fourth-order valence-electron chi connectivity index (χ4n) is 3.42. The van der Waals surface area contributed by atoms with Gasteiger partial charge in [0.1, 0.15) is 5.69 Å². The van der Waals surface area contributed by atoms with E-state index in [2.05, 4.69) is 15.2 Å². The Labute approximate surface area is 181 Å². The summed E-state index contributed by atoms with van der Waals surface area (Å²) < 4.78 is 10.5.